The first-order valence-corrected chi connectivity index (χ1v) is 12.1. The molecule has 196 valence electrons. The van der Waals surface area contributed by atoms with Crippen LogP contribution in [0.5, 0.6) is 0 Å². The van der Waals surface area contributed by atoms with Crippen molar-refractivity contribution in [2.75, 3.05) is 24.6 Å². The van der Waals surface area contributed by atoms with Crippen molar-refractivity contribution < 1.29 is 27.5 Å². The predicted molar refractivity (Wildman–Crippen MR) is 132 cm³/mol. The molecule has 0 bridgehead atoms. The molecule has 1 fully saturated rings. The number of aromatic nitrogens is 3. The summed E-state index contributed by atoms with van der Waals surface area (Å²) in [5, 5.41) is 11.8. The van der Waals surface area contributed by atoms with Gasteiger partial charge in [0.2, 0.25) is 0 Å². The molecule has 2 N–H and O–H groups in total. The van der Waals surface area contributed by atoms with E-state index < -0.39 is 24.0 Å². The number of fused-ring (bicyclic) bond motifs is 5. The van der Waals surface area contributed by atoms with Crippen molar-refractivity contribution in [3.05, 3.63) is 78.5 Å². The fourth-order valence-corrected chi connectivity index (χ4v) is 5.31. The number of aliphatic hydroxyl groups excluding tert-OH is 1. The van der Waals surface area contributed by atoms with Crippen LogP contribution >= 0.6 is 0 Å². The molecule has 0 radical (unpaired) electrons. The van der Waals surface area contributed by atoms with E-state index in [0.717, 1.165) is 39.6 Å². The van der Waals surface area contributed by atoms with Crippen LogP contribution in [-0.2, 0) is 11.3 Å². The van der Waals surface area contributed by atoms with Gasteiger partial charge in [0.05, 0.1) is 17.4 Å². The van der Waals surface area contributed by atoms with Crippen LogP contribution in [0.4, 0.5) is 23.2 Å². The van der Waals surface area contributed by atoms with Gasteiger partial charge in [0.1, 0.15) is 5.82 Å². The molecule has 1 amide bonds. The number of hydrogen-bond donors (Lipinski definition) is 2. The second-order valence-corrected chi connectivity index (χ2v) is 9.61. The van der Waals surface area contributed by atoms with E-state index in [1.54, 1.807) is 18.3 Å². The topological polar surface area (TPSA) is 75.3 Å². The lowest BCUT2D eigenvalue weighted by Crippen LogP contribution is -2.47. The Morgan fingerprint density at radius 1 is 1.08 bits per heavy atom. The van der Waals surface area contributed by atoms with Crippen LogP contribution in [0.2, 0.25) is 0 Å². The molecule has 0 saturated carbocycles. The van der Waals surface area contributed by atoms with Crippen molar-refractivity contribution in [1.82, 2.24) is 19.4 Å². The number of imidazole rings is 1. The molecule has 0 spiro atoms. The van der Waals surface area contributed by atoms with Crippen LogP contribution in [0.1, 0.15) is 5.56 Å². The van der Waals surface area contributed by atoms with E-state index in [1.165, 1.54) is 12.1 Å². The Morgan fingerprint density at radius 3 is 2.61 bits per heavy atom. The minimum absolute atomic E-state index is 0.144. The second-order valence-electron chi connectivity index (χ2n) is 9.61. The van der Waals surface area contributed by atoms with Gasteiger partial charge in [-0.3, -0.25) is 9.36 Å². The second kappa shape index (κ2) is 9.02. The predicted octanol–water partition coefficient (Wildman–Crippen LogP) is 3.98. The van der Waals surface area contributed by atoms with Crippen molar-refractivity contribution in [3.8, 4) is 28.3 Å². The molecule has 6 rings (SSSR count). The van der Waals surface area contributed by atoms with Crippen molar-refractivity contribution in [2.24, 2.45) is 5.92 Å². The largest absolute Gasteiger partial charge is 0.471 e. The van der Waals surface area contributed by atoms with Crippen LogP contribution in [0.15, 0.2) is 67.1 Å². The number of aliphatic hydroxyl groups is 1. The number of anilines is 1. The van der Waals surface area contributed by atoms with Crippen molar-refractivity contribution in [1.29, 1.82) is 0 Å². The van der Waals surface area contributed by atoms with Crippen molar-refractivity contribution in [2.45, 2.75) is 18.8 Å². The Labute approximate surface area is 214 Å². The van der Waals surface area contributed by atoms with Crippen molar-refractivity contribution >= 4 is 11.6 Å². The van der Waals surface area contributed by atoms with Gasteiger partial charge < -0.3 is 19.9 Å². The number of benzene rings is 2. The molecule has 2 atom stereocenters. The molecule has 2 aliphatic rings. The summed E-state index contributed by atoms with van der Waals surface area (Å²) in [5.41, 5.74) is 5.35. The van der Waals surface area contributed by atoms with E-state index in [0.29, 0.717) is 13.1 Å². The number of carbonyl (C=O) groups is 1. The van der Waals surface area contributed by atoms with Crippen LogP contribution < -0.4 is 10.2 Å². The first-order valence-electron chi connectivity index (χ1n) is 12.1. The molecular formula is C27H23F4N5O2. The van der Waals surface area contributed by atoms with E-state index in [1.807, 2.05) is 51.4 Å². The highest BCUT2D eigenvalue weighted by molar-refractivity contribution is 5.82. The molecule has 38 heavy (non-hydrogen) atoms. The maximum atomic E-state index is 13.4. The number of halogens is 4. The van der Waals surface area contributed by atoms with E-state index in [-0.39, 0.29) is 19.0 Å². The van der Waals surface area contributed by atoms with Crippen LogP contribution in [-0.4, -0.2) is 57.0 Å². The number of hydrogen-bond acceptors (Lipinski definition) is 4. The van der Waals surface area contributed by atoms with Gasteiger partial charge in [-0.15, -0.1) is 0 Å². The minimum Gasteiger partial charge on any atom is -0.396 e. The molecular weight excluding hydrogens is 502 g/mol. The van der Waals surface area contributed by atoms with Gasteiger partial charge in [0.15, 0.2) is 5.82 Å². The average Bonchev–Trinajstić information content (AvgIpc) is 3.61. The normalized spacial score (nSPS) is 18.5. The van der Waals surface area contributed by atoms with Gasteiger partial charge in [-0.05, 0) is 47.5 Å². The Hall–Kier alpha value is -4.12. The fraction of sp³-hybridized carbons (Fsp3) is 0.259. The summed E-state index contributed by atoms with van der Waals surface area (Å²) in [5.74, 6) is -2.09. The average molecular weight is 526 g/mol. The number of amides is 1. The van der Waals surface area contributed by atoms with Gasteiger partial charge in [0.25, 0.3) is 0 Å². The smallest absolute Gasteiger partial charge is 0.396 e. The van der Waals surface area contributed by atoms with Crippen LogP contribution in [0, 0.1) is 11.7 Å². The molecule has 11 heteroatoms. The number of alkyl halides is 3. The third-order valence-electron chi connectivity index (χ3n) is 7.22. The molecule has 0 unspecified atom stereocenters. The van der Waals surface area contributed by atoms with Gasteiger partial charge >= 0.3 is 12.1 Å². The zero-order chi connectivity index (χ0) is 26.6. The third-order valence-corrected chi connectivity index (χ3v) is 7.22. The molecule has 2 aromatic heterocycles. The Kier molecular flexibility index (Phi) is 5.75. The summed E-state index contributed by atoms with van der Waals surface area (Å²) < 4.78 is 55.9. The molecule has 4 aromatic rings. The number of carbonyl (C=O) groups excluding carboxylic acids is 1. The quantitative estimate of drug-likeness (QED) is 0.348. The molecule has 2 aromatic carbocycles. The molecule has 7 nitrogen and oxygen atoms in total. The van der Waals surface area contributed by atoms with Gasteiger partial charge in [-0.1, -0.05) is 12.1 Å². The summed E-state index contributed by atoms with van der Waals surface area (Å²) in [6.45, 7) is 0.611. The minimum atomic E-state index is -4.98. The highest BCUT2D eigenvalue weighted by Crippen LogP contribution is 2.36. The summed E-state index contributed by atoms with van der Waals surface area (Å²) in [6.07, 6.45) is 0.590. The first kappa shape index (κ1) is 24.2. The Bertz CT molecular complexity index is 1510. The molecule has 1 saturated heterocycles. The lowest BCUT2D eigenvalue weighted by molar-refractivity contribution is -0.174. The van der Waals surface area contributed by atoms with E-state index >= 15 is 0 Å². The lowest BCUT2D eigenvalue weighted by Gasteiger charge is -2.21. The van der Waals surface area contributed by atoms with Gasteiger partial charge in [-0.2, -0.15) is 13.2 Å². The standard InChI is InChI=1S/C27H23F4N5O2/c28-20-3-1-16(2-4-20)17-10-24-25-32-7-8-36(25)23-6-5-21(9-18(23)12-35(24)11-17)34-13-19(15-37)22(14-34)33-26(38)27(29,30)31/h1-11,19,22,37H,12-15H2,(H,33,38)/t19-,22+/m1/s1. The van der Waals surface area contributed by atoms with Gasteiger partial charge in [0, 0.05) is 62.0 Å². The van der Waals surface area contributed by atoms with Crippen molar-refractivity contribution in [3.63, 3.8) is 0 Å². The number of rotatable bonds is 4. The SMILES string of the molecule is O=C(N[C@H]1CN(c2ccc3c(c2)Cn2cc(-c4ccc(F)cc4)cc2-c2nccn2-3)C[C@@H]1CO)C(F)(F)F. The monoisotopic (exact) mass is 525 g/mol. The molecule has 4 heterocycles. The summed E-state index contributed by atoms with van der Waals surface area (Å²) in [7, 11) is 0. The molecule has 2 aliphatic heterocycles. The lowest BCUT2D eigenvalue weighted by atomic mass is 10.1. The first-order chi connectivity index (χ1) is 18.2. The third kappa shape index (κ3) is 4.22. The highest BCUT2D eigenvalue weighted by atomic mass is 19.4. The Balaban J connectivity index is 1.32. The Morgan fingerprint density at radius 2 is 1.87 bits per heavy atom. The van der Waals surface area contributed by atoms with Crippen LogP contribution in [0.3, 0.4) is 0 Å². The zero-order valence-corrected chi connectivity index (χ0v) is 20.0. The molecule has 0 aliphatic carbocycles. The number of nitrogens with one attached hydrogen (secondary N) is 1. The summed E-state index contributed by atoms with van der Waals surface area (Å²) in [6, 6.07) is 13.3. The maximum absolute atomic E-state index is 13.4. The van der Waals surface area contributed by atoms with Crippen LogP contribution in [0.25, 0.3) is 28.3 Å². The maximum Gasteiger partial charge on any atom is 0.471 e. The number of nitrogens with zero attached hydrogens (tertiary/aromatic N) is 4. The zero-order valence-electron chi connectivity index (χ0n) is 20.0. The van der Waals surface area contributed by atoms with E-state index in [4.69, 9.17) is 0 Å². The van der Waals surface area contributed by atoms with E-state index in [2.05, 4.69) is 9.55 Å². The van der Waals surface area contributed by atoms with E-state index in [9.17, 15) is 27.5 Å². The summed E-state index contributed by atoms with van der Waals surface area (Å²) in [4.78, 5) is 18.0. The highest BCUT2D eigenvalue weighted by Gasteiger charge is 2.43. The fourth-order valence-electron chi connectivity index (χ4n) is 5.31. The summed E-state index contributed by atoms with van der Waals surface area (Å²) >= 11 is 0. The van der Waals surface area contributed by atoms with Gasteiger partial charge in [-0.25, -0.2) is 9.37 Å².